The molecule has 0 aliphatic heterocycles. The summed E-state index contributed by atoms with van der Waals surface area (Å²) in [5.41, 5.74) is 8.29. The molecule has 0 aliphatic rings. The van der Waals surface area contributed by atoms with Crippen molar-refractivity contribution in [3.05, 3.63) is 71.8 Å². The number of carbonyl (C=O) groups excluding carboxylic acids is 2. The monoisotopic (exact) mass is 419 g/mol. The van der Waals surface area contributed by atoms with Crippen LogP contribution >= 0.6 is 0 Å². The Kier molecular flexibility index (Phi) is 11.4. The number of rotatable bonds is 6. The molecule has 3 N–H and O–H groups in total. The van der Waals surface area contributed by atoms with Crippen molar-refractivity contribution >= 4 is 11.7 Å². The number of amides is 1. The number of alkyl halides is 2. The summed E-state index contributed by atoms with van der Waals surface area (Å²) < 4.78 is 26.2. The number of carbonyl (C=O) groups is 2. The first-order valence-corrected chi connectivity index (χ1v) is 9.46. The van der Waals surface area contributed by atoms with E-state index in [4.69, 9.17) is 10.8 Å². The number of nitrogens with two attached hydrogens (primary N) is 1. The van der Waals surface area contributed by atoms with Crippen LogP contribution in [0, 0.1) is 5.92 Å². The van der Waals surface area contributed by atoms with Gasteiger partial charge >= 0.3 is 0 Å². The van der Waals surface area contributed by atoms with Crippen molar-refractivity contribution in [1.82, 2.24) is 0 Å². The molecule has 0 heterocycles. The Hall–Kier alpha value is -2.86. The molecule has 0 bridgehead atoms. The normalized spacial score (nSPS) is 11.2. The average Bonchev–Trinajstić information content (AvgIpc) is 2.69. The molecule has 4 nitrogen and oxygen atoms in total. The summed E-state index contributed by atoms with van der Waals surface area (Å²) in [7, 11) is 1.00. The van der Waals surface area contributed by atoms with E-state index in [2.05, 4.69) is 6.58 Å². The summed E-state index contributed by atoms with van der Waals surface area (Å²) in [5.74, 6) is -3.22. The molecule has 0 spiro atoms. The Morgan fingerprint density at radius 3 is 1.63 bits per heavy atom. The maximum atomic E-state index is 13.1. The van der Waals surface area contributed by atoms with Crippen LogP contribution in [0.5, 0.6) is 0 Å². The van der Waals surface area contributed by atoms with Crippen molar-refractivity contribution < 1.29 is 23.5 Å². The second-order valence-corrected chi connectivity index (χ2v) is 6.81. The van der Waals surface area contributed by atoms with Gasteiger partial charge in [0.1, 0.15) is 0 Å². The van der Waals surface area contributed by atoms with E-state index in [1.54, 1.807) is 24.3 Å². The van der Waals surface area contributed by atoms with Gasteiger partial charge in [-0.15, -0.1) is 0 Å². The van der Waals surface area contributed by atoms with Crippen LogP contribution in [0.2, 0.25) is 0 Å². The lowest BCUT2D eigenvalue weighted by molar-refractivity contribution is -0.120. The van der Waals surface area contributed by atoms with Gasteiger partial charge in [0.25, 0.3) is 5.92 Å². The molecular formula is C24H31F2NO3. The van der Waals surface area contributed by atoms with Crippen molar-refractivity contribution in [1.29, 1.82) is 0 Å². The average molecular weight is 420 g/mol. The minimum Gasteiger partial charge on any atom is -0.400 e. The van der Waals surface area contributed by atoms with E-state index in [-0.39, 0.29) is 23.2 Å². The third-order valence-corrected chi connectivity index (χ3v) is 4.36. The molecule has 30 heavy (non-hydrogen) atoms. The highest BCUT2D eigenvalue weighted by molar-refractivity contribution is 5.94. The minimum atomic E-state index is -2.82. The zero-order valence-electron chi connectivity index (χ0n) is 18.2. The Morgan fingerprint density at radius 1 is 1.00 bits per heavy atom. The maximum absolute atomic E-state index is 13.1. The highest BCUT2D eigenvalue weighted by Gasteiger charge is 2.23. The second-order valence-electron chi connectivity index (χ2n) is 6.81. The van der Waals surface area contributed by atoms with Crippen LogP contribution in [0.1, 0.15) is 50.0 Å². The van der Waals surface area contributed by atoms with Crippen LogP contribution < -0.4 is 5.73 Å². The van der Waals surface area contributed by atoms with E-state index < -0.39 is 5.92 Å². The van der Waals surface area contributed by atoms with Crippen LogP contribution in [-0.2, 0) is 10.7 Å². The summed E-state index contributed by atoms with van der Waals surface area (Å²) in [5, 5.41) is 7.00. The zero-order valence-corrected chi connectivity index (χ0v) is 18.2. The SMILES string of the molecule is C=C(C)C(CC)C(N)=O.CC(=O)c1ccc(-c2ccc(C(C)(F)F)cc2)cc1.CO. The van der Waals surface area contributed by atoms with Gasteiger partial charge < -0.3 is 10.8 Å². The number of Topliss-reactive ketones (excluding diaryl/α,β-unsaturated/α-hetero) is 1. The molecule has 2 aromatic rings. The molecule has 1 atom stereocenters. The van der Waals surface area contributed by atoms with Crippen molar-refractivity contribution in [3.63, 3.8) is 0 Å². The third kappa shape index (κ3) is 8.66. The van der Waals surface area contributed by atoms with Gasteiger partial charge in [-0.3, -0.25) is 9.59 Å². The lowest BCUT2D eigenvalue weighted by Crippen LogP contribution is -2.22. The molecule has 164 valence electrons. The first kappa shape index (κ1) is 27.1. The number of halogens is 2. The summed E-state index contributed by atoms with van der Waals surface area (Å²) in [4.78, 5) is 21.7. The molecule has 2 aromatic carbocycles. The first-order chi connectivity index (χ1) is 14.0. The summed E-state index contributed by atoms with van der Waals surface area (Å²) in [6.45, 7) is 9.77. The largest absolute Gasteiger partial charge is 0.400 e. The lowest BCUT2D eigenvalue weighted by Gasteiger charge is -2.11. The highest BCUT2D eigenvalue weighted by atomic mass is 19.3. The van der Waals surface area contributed by atoms with Crippen molar-refractivity contribution in [3.8, 4) is 11.1 Å². The molecule has 1 unspecified atom stereocenters. The van der Waals surface area contributed by atoms with E-state index >= 15 is 0 Å². The van der Waals surface area contributed by atoms with Crippen molar-refractivity contribution in [2.45, 2.75) is 40.0 Å². The van der Waals surface area contributed by atoms with Crippen LogP contribution in [-0.4, -0.2) is 23.9 Å². The van der Waals surface area contributed by atoms with Crippen LogP contribution in [0.15, 0.2) is 60.7 Å². The number of hydrogen-bond acceptors (Lipinski definition) is 3. The molecule has 0 fully saturated rings. The number of hydrogen-bond donors (Lipinski definition) is 2. The maximum Gasteiger partial charge on any atom is 0.270 e. The van der Waals surface area contributed by atoms with E-state index in [1.165, 1.54) is 19.1 Å². The van der Waals surface area contributed by atoms with Crippen LogP contribution in [0.3, 0.4) is 0 Å². The van der Waals surface area contributed by atoms with Crippen molar-refractivity contribution in [2.75, 3.05) is 7.11 Å². The van der Waals surface area contributed by atoms with E-state index in [0.29, 0.717) is 5.56 Å². The Morgan fingerprint density at radius 2 is 1.40 bits per heavy atom. The molecule has 2 rings (SSSR count). The molecule has 0 aliphatic carbocycles. The van der Waals surface area contributed by atoms with Crippen LogP contribution in [0.4, 0.5) is 8.78 Å². The number of aliphatic hydroxyl groups is 1. The summed E-state index contributed by atoms with van der Waals surface area (Å²) >= 11 is 0. The molecule has 1 amide bonds. The number of aliphatic hydroxyl groups excluding tert-OH is 1. The Balaban J connectivity index is 0.000000648. The molecule has 6 heteroatoms. The predicted octanol–water partition coefficient (Wildman–Crippen LogP) is 5.35. The lowest BCUT2D eigenvalue weighted by atomic mass is 9.99. The molecule has 0 saturated carbocycles. The molecule has 0 aromatic heterocycles. The number of ketones is 1. The van der Waals surface area contributed by atoms with Gasteiger partial charge in [-0.25, -0.2) is 8.78 Å². The topological polar surface area (TPSA) is 80.4 Å². The molecule has 0 radical (unpaired) electrons. The molecule has 0 saturated heterocycles. The number of benzene rings is 2. The van der Waals surface area contributed by atoms with Gasteiger partial charge in [0.15, 0.2) is 5.78 Å². The van der Waals surface area contributed by atoms with E-state index in [9.17, 15) is 18.4 Å². The smallest absolute Gasteiger partial charge is 0.270 e. The van der Waals surface area contributed by atoms with E-state index in [1.807, 2.05) is 26.0 Å². The second kappa shape index (κ2) is 12.6. The van der Waals surface area contributed by atoms with Crippen molar-refractivity contribution in [2.24, 2.45) is 11.7 Å². The van der Waals surface area contributed by atoms with Gasteiger partial charge in [-0.1, -0.05) is 67.6 Å². The van der Waals surface area contributed by atoms with Gasteiger partial charge in [-0.2, -0.15) is 0 Å². The summed E-state index contributed by atoms with van der Waals surface area (Å²) in [6, 6.07) is 13.3. The highest BCUT2D eigenvalue weighted by Crippen LogP contribution is 2.29. The quantitative estimate of drug-likeness (QED) is 0.489. The Labute approximate surface area is 177 Å². The predicted molar refractivity (Wildman–Crippen MR) is 117 cm³/mol. The summed E-state index contributed by atoms with van der Waals surface area (Å²) in [6.07, 6.45) is 0.755. The number of primary amides is 1. The Bertz CT molecular complexity index is 809. The first-order valence-electron chi connectivity index (χ1n) is 9.46. The van der Waals surface area contributed by atoms with Gasteiger partial charge in [0.05, 0.1) is 5.92 Å². The van der Waals surface area contributed by atoms with Gasteiger partial charge in [-0.05, 0) is 31.4 Å². The fourth-order valence-electron chi connectivity index (χ4n) is 2.65. The van der Waals surface area contributed by atoms with E-state index in [0.717, 1.165) is 37.2 Å². The molecular weight excluding hydrogens is 388 g/mol. The zero-order chi connectivity index (χ0) is 23.5. The standard InChI is InChI=1S/C16H14F2O.C7H13NO.CH4O/c1-11(19)12-3-5-13(6-4-12)14-7-9-15(10-8-14)16(2,17)18;1-4-6(5(2)3)7(8)9;1-2/h3-10H,1-2H3;6H,2,4H2,1,3H3,(H2,8,9);2H,1H3. The fourth-order valence-corrected chi connectivity index (χ4v) is 2.65. The van der Waals surface area contributed by atoms with Gasteiger partial charge in [0, 0.05) is 25.2 Å². The van der Waals surface area contributed by atoms with Crippen LogP contribution in [0.25, 0.3) is 11.1 Å². The minimum absolute atomic E-state index is 0.00314. The third-order valence-electron chi connectivity index (χ3n) is 4.36. The fraction of sp³-hybridized carbons (Fsp3) is 0.333. The van der Waals surface area contributed by atoms with Gasteiger partial charge in [0.2, 0.25) is 5.91 Å².